The predicted octanol–water partition coefficient (Wildman–Crippen LogP) is 3.56. The first-order valence-corrected chi connectivity index (χ1v) is 8.40. The van der Waals surface area contributed by atoms with Crippen LogP contribution in [-0.2, 0) is 9.59 Å². The van der Waals surface area contributed by atoms with Crippen molar-refractivity contribution in [1.82, 2.24) is 4.90 Å². The molecule has 1 heterocycles. The number of carbonyl (C=O) groups is 2. The zero-order chi connectivity index (χ0) is 17.7. The molecule has 0 radical (unpaired) electrons. The molecule has 0 aromatic heterocycles. The highest BCUT2D eigenvalue weighted by Crippen LogP contribution is 2.38. The molecular weight excluding hydrogens is 306 g/mol. The molecule has 0 spiro atoms. The highest BCUT2D eigenvalue weighted by molar-refractivity contribution is 6.08. The first kappa shape index (κ1) is 18.0. The Morgan fingerprint density at radius 1 is 1.21 bits per heavy atom. The largest absolute Gasteiger partial charge is 0.503 e. The summed E-state index contributed by atoms with van der Waals surface area (Å²) in [6.07, 6.45) is 4.09. The van der Waals surface area contributed by atoms with Gasteiger partial charge in [-0.2, -0.15) is 0 Å². The van der Waals surface area contributed by atoms with Crippen LogP contribution in [0.5, 0.6) is 5.75 Å². The SMILES string of the molecule is CCCCCCN1C(=O)C(O)=C(C(C)=O)[C@@H]1c1ccc(OC)cc1. The zero-order valence-corrected chi connectivity index (χ0v) is 14.5. The molecule has 130 valence electrons. The number of hydrogen-bond donors (Lipinski definition) is 1. The van der Waals surface area contributed by atoms with Crippen molar-refractivity contribution in [3.63, 3.8) is 0 Å². The number of benzene rings is 1. The van der Waals surface area contributed by atoms with Crippen LogP contribution in [0.1, 0.15) is 51.1 Å². The number of rotatable bonds is 8. The summed E-state index contributed by atoms with van der Waals surface area (Å²) in [4.78, 5) is 26.0. The second-order valence-electron chi connectivity index (χ2n) is 6.05. The monoisotopic (exact) mass is 331 g/mol. The number of nitrogens with zero attached hydrogens (tertiary/aromatic N) is 1. The van der Waals surface area contributed by atoms with Gasteiger partial charge in [0.05, 0.1) is 18.7 Å². The van der Waals surface area contributed by atoms with Crippen molar-refractivity contribution in [3.05, 3.63) is 41.2 Å². The van der Waals surface area contributed by atoms with E-state index in [-0.39, 0.29) is 11.4 Å². The van der Waals surface area contributed by atoms with Crippen molar-refractivity contribution in [2.24, 2.45) is 0 Å². The minimum Gasteiger partial charge on any atom is -0.503 e. The molecule has 0 saturated heterocycles. The molecule has 0 unspecified atom stereocenters. The maximum absolute atomic E-state index is 12.4. The number of Topliss-reactive ketones (excluding diaryl/α,β-unsaturated/α-hetero) is 1. The van der Waals surface area contributed by atoms with Crippen LogP contribution >= 0.6 is 0 Å². The quantitative estimate of drug-likeness (QED) is 0.740. The summed E-state index contributed by atoms with van der Waals surface area (Å²) in [6, 6.07) is 6.72. The van der Waals surface area contributed by atoms with Crippen LogP contribution in [-0.4, -0.2) is 35.4 Å². The molecule has 2 rings (SSSR count). The summed E-state index contributed by atoms with van der Waals surface area (Å²) in [7, 11) is 1.58. The molecule has 1 aliphatic heterocycles. The van der Waals surface area contributed by atoms with Crippen molar-refractivity contribution in [2.45, 2.75) is 45.6 Å². The third-order valence-electron chi connectivity index (χ3n) is 4.37. The summed E-state index contributed by atoms with van der Waals surface area (Å²) < 4.78 is 5.16. The molecule has 1 atom stereocenters. The van der Waals surface area contributed by atoms with E-state index in [1.54, 1.807) is 24.1 Å². The molecule has 1 amide bonds. The smallest absolute Gasteiger partial charge is 0.290 e. The third-order valence-corrected chi connectivity index (χ3v) is 4.37. The Balaban J connectivity index is 2.31. The van der Waals surface area contributed by atoms with E-state index in [0.717, 1.165) is 31.2 Å². The van der Waals surface area contributed by atoms with E-state index in [9.17, 15) is 14.7 Å². The van der Waals surface area contributed by atoms with Crippen LogP contribution in [0.3, 0.4) is 0 Å². The van der Waals surface area contributed by atoms with Crippen molar-refractivity contribution in [3.8, 4) is 5.75 Å². The maximum Gasteiger partial charge on any atom is 0.290 e. The fourth-order valence-electron chi connectivity index (χ4n) is 3.09. The normalized spacial score (nSPS) is 17.5. The average Bonchev–Trinajstić information content (AvgIpc) is 2.83. The fraction of sp³-hybridized carbons (Fsp3) is 0.474. The van der Waals surface area contributed by atoms with Gasteiger partial charge in [-0.1, -0.05) is 38.3 Å². The maximum atomic E-state index is 12.4. The molecular formula is C19H25NO4. The van der Waals surface area contributed by atoms with Crippen LogP contribution in [0, 0.1) is 0 Å². The highest BCUT2D eigenvalue weighted by atomic mass is 16.5. The molecule has 1 N–H and O–H groups in total. The van der Waals surface area contributed by atoms with E-state index in [1.807, 2.05) is 12.1 Å². The number of unbranched alkanes of at least 4 members (excludes halogenated alkanes) is 3. The number of hydrogen-bond acceptors (Lipinski definition) is 4. The zero-order valence-electron chi connectivity index (χ0n) is 14.5. The number of ether oxygens (including phenoxy) is 1. The summed E-state index contributed by atoms with van der Waals surface area (Å²) >= 11 is 0. The molecule has 1 aromatic carbocycles. The molecule has 0 bridgehead atoms. The van der Waals surface area contributed by atoms with Gasteiger partial charge in [-0.05, 0) is 31.0 Å². The van der Waals surface area contributed by atoms with Gasteiger partial charge in [-0.25, -0.2) is 0 Å². The van der Waals surface area contributed by atoms with Crippen molar-refractivity contribution in [1.29, 1.82) is 0 Å². The van der Waals surface area contributed by atoms with Crippen LogP contribution in [0.15, 0.2) is 35.6 Å². The second-order valence-corrected chi connectivity index (χ2v) is 6.05. The van der Waals surface area contributed by atoms with Crippen molar-refractivity contribution >= 4 is 11.7 Å². The highest BCUT2D eigenvalue weighted by Gasteiger charge is 2.41. The molecule has 24 heavy (non-hydrogen) atoms. The van der Waals surface area contributed by atoms with Gasteiger partial charge in [0.2, 0.25) is 0 Å². The minimum absolute atomic E-state index is 0.181. The molecule has 1 aromatic rings. The van der Waals surface area contributed by atoms with E-state index in [1.165, 1.54) is 6.92 Å². The number of aliphatic hydroxyl groups is 1. The van der Waals surface area contributed by atoms with Crippen LogP contribution in [0.4, 0.5) is 0 Å². The van der Waals surface area contributed by atoms with Gasteiger partial charge in [-0.3, -0.25) is 9.59 Å². The van der Waals surface area contributed by atoms with Crippen molar-refractivity contribution in [2.75, 3.05) is 13.7 Å². The lowest BCUT2D eigenvalue weighted by atomic mass is 9.96. The first-order chi connectivity index (χ1) is 11.5. The minimum atomic E-state index is -0.525. The molecule has 0 fully saturated rings. The summed E-state index contributed by atoms with van der Waals surface area (Å²) in [6.45, 7) is 4.04. The Bertz CT molecular complexity index is 633. The van der Waals surface area contributed by atoms with Gasteiger partial charge in [0.1, 0.15) is 5.75 Å². The Morgan fingerprint density at radius 2 is 1.88 bits per heavy atom. The number of aliphatic hydroxyl groups excluding tert-OH is 1. The predicted molar refractivity (Wildman–Crippen MR) is 91.9 cm³/mol. The van der Waals surface area contributed by atoms with Gasteiger partial charge < -0.3 is 14.7 Å². The van der Waals surface area contributed by atoms with Crippen LogP contribution < -0.4 is 4.74 Å². The summed E-state index contributed by atoms with van der Waals surface area (Å²) in [5.74, 6) is -0.454. The Morgan fingerprint density at radius 3 is 2.42 bits per heavy atom. The lowest BCUT2D eigenvalue weighted by Gasteiger charge is -2.26. The Hall–Kier alpha value is -2.30. The molecule has 0 saturated carbocycles. The molecule has 5 heteroatoms. The number of ketones is 1. The van der Waals surface area contributed by atoms with Gasteiger partial charge in [0, 0.05) is 6.54 Å². The average molecular weight is 331 g/mol. The number of amides is 1. The van der Waals surface area contributed by atoms with Gasteiger partial charge in [0.15, 0.2) is 11.5 Å². The number of carbonyl (C=O) groups excluding carboxylic acids is 2. The summed E-state index contributed by atoms with van der Waals surface area (Å²) in [5, 5.41) is 10.2. The standard InChI is InChI=1S/C19H25NO4/c1-4-5-6-7-12-20-17(14-8-10-15(24-3)11-9-14)16(13(2)21)18(22)19(20)23/h8-11,17,22H,4-7,12H2,1-3H3/t17-/m0/s1. The van der Waals surface area contributed by atoms with Gasteiger partial charge in [0.25, 0.3) is 5.91 Å². The van der Waals surface area contributed by atoms with E-state index >= 15 is 0 Å². The Labute approximate surface area is 142 Å². The molecule has 1 aliphatic rings. The summed E-state index contributed by atoms with van der Waals surface area (Å²) in [5.41, 5.74) is 0.981. The van der Waals surface area contributed by atoms with Crippen molar-refractivity contribution < 1.29 is 19.4 Å². The first-order valence-electron chi connectivity index (χ1n) is 8.40. The lowest BCUT2D eigenvalue weighted by molar-refractivity contribution is -0.129. The Kier molecular flexibility index (Phi) is 6.01. The number of methoxy groups -OCH3 is 1. The topological polar surface area (TPSA) is 66.8 Å². The van der Waals surface area contributed by atoms with E-state index in [0.29, 0.717) is 12.3 Å². The second kappa shape index (κ2) is 7.99. The van der Waals surface area contributed by atoms with E-state index in [4.69, 9.17) is 4.74 Å². The van der Waals surface area contributed by atoms with Gasteiger partial charge >= 0.3 is 0 Å². The third kappa shape index (κ3) is 3.61. The van der Waals surface area contributed by atoms with E-state index < -0.39 is 17.7 Å². The van der Waals surface area contributed by atoms with Crippen LogP contribution in [0.2, 0.25) is 0 Å². The van der Waals surface area contributed by atoms with E-state index in [2.05, 4.69) is 6.92 Å². The lowest BCUT2D eigenvalue weighted by Crippen LogP contribution is -2.32. The molecule has 0 aliphatic carbocycles. The van der Waals surface area contributed by atoms with Gasteiger partial charge in [-0.15, -0.1) is 0 Å². The van der Waals surface area contributed by atoms with Crippen LogP contribution in [0.25, 0.3) is 0 Å². The fourth-order valence-corrected chi connectivity index (χ4v) is 3.09. The molecule has 5 nitrogen and oxygen atoms in total.